The monoisotopic (exact) mass is 378 g/mol. The van der Waals surface area contributed by atoms with Crippen LogP contribution in [0.5, 0.6) is 11.5 Å². The van der Waals surface area contributed by atoms with E-state index >= 15 is 0 Å². The number of benzene rings is 2. The molecule has 28 heavy (non-hydrogen) atoms. The zero-order valence-corrected chi connectivity index (χ0v) is 15.7. The van der Waals surface area contributed by atoms with Gasteiger partial charge in [0.15, 0.2) is 17.3 Å². The van der Waals surface area contributed by atoms with Gasteiger partial charge >= 0.3 is 0 Å². The zero-order valence-electron chi connectivity index (χ0n) is 15.7. The summed E-state index contributed by atoms with van der Waals surface area (Å²) in [6, 6.07) is 17.7. The van der Waals surface area contributed by atoms with Crippen molar-refractivity contribution in [3.63, 3.8) is 0 Å². The third-order valence-corrected chi connectivity index (χ3v) is 4.82. The number of aryl methyl sites for hydroxylation is 1. The standard InChI is InChI=1S/C22H22N2O4/c1-2-17-11-18(28-24-17)13-23-22(25)12-19(15-6-4-3-5-7-15)16-8-9-20-21(10-16)27-14-26-20/h3-11,19H,2,12-14H2,1H3,(H,23,25)/t19-/m1/s1. The highest BCUT2D eigenvalue weighted by atomic mass is 16.7. The molecule has 0 aliphatic carbocycles. The van der Waals surface area contributed by atoms with Crippen molar-refractivity contribution in [2.75, 3.05) is 6.79 Å². The van der Waals surface area contributed by atoms with Gasteiger partial charge < -0.3 is 19.3 Å². The van der Waals surface area contributed by atoms with Gasteiger partial charge in [0.1, 0.15) is 0 Å². The summed E-state index contributed by atoms with van der Waals surface area (Å²) >= 11 is 0. The van der Waals surface area contributed by atoms with Gasteiger partial charge in [0.2, 0.25) is 12.7 Å². The number of rotatable bonds is 7. The van der Waals surface area contributed by atoms with Crippen molar-refractivity contribution in [3.8, 4) is 11.5 Å². The van der Waals surface area contributed by atoms with Crippen molar-refractivity contribution >= 4 is 5.91 Å². The fourth-order valence-electron chi connectivity index (χ4n) is 3.29. The Morgan fingerprint density at radius 3 is 2.68 bits per heavy atom. The van der Waals surface area contributed by atoms with Gasteiger partial charge in [0, 0.05) is 18.4 Å². The number of amides is 1. The highest BCUT2D eigenvalue weighted by Gasteiger charge is 2.22. The van der Waals surface area contributed by atoms with E-state index in [1.54, 1.807) is 0 Å². The molecule has 0 unspecified atom stereocenters. The average molecular weight is 378 g/mol. The van der Waals surface area contributed by atoms with E-state index in [0.717, 1.165) is 29.0 Å². The first-order valence-corrected chi connectivity index (χ1v) is 9.38. The maximum Gasteiger partial charge on any atom is 0.231 e. The molecule has 0 spiro atoms. The molecule has 0 radical (unpaired) electrons. The van der Waals surface area contributed by atoms with Crippen molar-refractivity contribution in [1.82, 2.24) is 10.5 Å². The molecule has 4 rings (SSSR count). The summed E-state index contributed by atoms with van der Waals surface area (Å²) in [5.41, 5.74) is 2.97. The molecule has 144 valence electrons. The Bertz CT molecular complexity index is 952. The molecule has 0 saturated heterocycles. The minimum atomic E-state index is -0.0865. The molecule has 1 atom stereocenters. The van der Waals surface area contributed by atoms with Gasteiger partial charge in [-0.05, 0) is 29.7 Å². The topological polar surface area (TPSA) is 73.6 Å². The molecule has 0 saturated carbocycles. The van der Waals surface area contributed by atoms with Gasteiger partial charge in [-0.1, -0.05) is 48.5 Å². The summed E-state index contributed by atoms with van der Waals surface area (Å²) in [7, 11) is 0. The van der Waals surface area contributed by atoms with Gasteiger partial charge in [-0.2, -0.15) is 0 Å². The minimum Gasteiger partial charge on any atom is -0.454 e. The number of carbonyl (C=O) groups is 1. The van der Waals surface area contributed by atoms with Crippen LogP contribution in [-0.2, 0) is 17.8 Å². The number of nitrogens with zero attached hydrogens (tertiary/aromatic N) is 1. The van der Waals surface area contributed by atoms with Crippen LogP contribution in [0.15, 0.2) is 59.1 Å². The molecule has 0 bridgehead atoms. The van der Waals surface area contributed by atoms with E-state index in [4.69, 9.17) is 14.0 Å². The second-order valence-corrected chi connectivity index (χ2v) is 6.69. The van der Waals surface area contributed by atoms with E-state index in [2.05, 4.69) is 10.5 Å². The summed E-state index contributed by atoms with van der Waals surface area (Å²) in [5, 5.41) is 6.88. The van der Waals surface area contributed by atoms with Crippen LogP contribution in [0.1, 0.15) is 41.8 Å². The summed E-state index contributed by atoms with van der Waals surface area (Å²) in [6.07, 6.45) is 1.12. The molecule has 3 aromatic rings. The predicted molar refractivity (Wildman–Crippen MR) is 103 cm³/mol. The van der Waals surface area contributed by atoms with Crippen LogP contribution < -0.4 is 14.8 Å². The first-order valence-electron chi connectivity index (χ1n) is 9.38. The number of nitrogens with one attached hydrogen (secondary N) is 1. The summed E-state index contributed by atoms with van der Waals surface area (Å²) in [5.74, 6) is 1.96. The highest BCUT2D eigenvalue weighted by molar-refractivity contribution is 5.77. The number of carbonyl (C=O) groups excluding carboxylic acids is 1. The van der Waals surface area contributed by atoms with E-state index in [1.165, 1.54) is 0 Å². The Kier molecular flexibility index (Phi) is 5.28. The SMILES string of the molecule is CCc1cc(CNC(=O)C[C@H](c2ccccc2)c2ccc3c(c2)OCO3)on1. The lowest BCUT2D eigenvalue weighted by Crippen LogP contribution is -2.24. The summed E-state index contributed by atoms with van der Waals surface area (Å²) < 4.78 is 16.1. The van der Waals surface area contributed by atoms with Crippen LogP contribution >= 0.6 is 0 Å². The van der Waals surface area contributed by atoms with Crippen molar-refractivity contribution in [1.29, 1.82) is 0 Å². The molecule has 2 heterocycles. The van der Waals surface area contributed by atoms with E-state index < -0.39 is 0 Å². The van der Waals surface area contributed by atoms with Crippen LogP contribution in [0.3, 0.4) is 0 Å². The normalized spacial score (nSPS) is 13.3. The second-order valence-electron chi connectivity index (χ2n) is 6.69. The summed E-state index contributed by atoms with van der Waals surface area (Å²) in [6.45, 7) is 2.57. The molecule has 1 N–H and O–H groups in total. The van der Waals surface area contributed by atoms with Crippen molar-refractivity contribution < 1.29 is 18.8 Å². The fraction of sp³-hybridized carbons (Fsp3) is 0.273. The Labute approximate surface area is 163 Å². The Hall–Kier alpha value is -3.28. The molecule has 1 aliphatic rings. The van der Waals surface area contributed by atoms with Gasteiger partial charge in [-0.15, -0.1) is 0 Å². The van der Waals surface area contributed by atoms with Crippen LogP contribution in [0.4, 0.5) is 0 Å². The first-order chi connectivity index (χ1) is 13.7. The summed E-state index contributed by atoms with van der Waals surface area (Å²) in [4.78, 5) is 12.7. The molecular formula is C22H22N2O4. The lowest BCUT2D eigenvalue weighted by atomic mass is 9.88. The van der Waals surface area contributed by atoms with E-state index in [-0.39, 0.29) is 18.6 Å². The van der Waals surface area contributed by atoms with Crippen molar-refractivity contribution in [2.24, 2.45) is 0 Å². The molecule has 1 amide bonds. The maximum atomic E-state index is 12.7. The number of hydrogen-bond acceptors (Lipinski definition) is 5. The van der Waals surface area contributed by atoms with Gasteiger partial charge in [0.25, 0.3) is 0 Å². The lowest BCUT2D eigenvalue weighted by Gasteiger charge is -2.18. The third-order valence-electron chi connectivity index (χ3n) is 4.82. The molecule has 6 nitrogen and oxygen atoms in total. The van der Waals surface area contributed by atoms with E-state index in [9.17, 15) is 4.79 Å². The highest BCUT2D eigenvalue weighted by Crippen LogP contribution is 2.37. The Balaban J connectivity index is 1.50. The molecule has 0 fully saturated rings. The average Bonchev–Trinajstić information content (AvgIpc) is 3.39. The quantitative estimate of drug-likeness (QED) is 0.677. The molecule has 1 aliphatic heterocycles. The number of aromatic nitrogens is 1. The van der Waals surface area contributed by atoms with E-state index in [1.807, 2.05) is 61.5 Å². The van der Waals surface area contributed by atoms with Crippen LogP contribution in [0.2, 0.25) is 0 Å². The maximum absolute atomic E-state index is 12.7. The third kappa shape index (κ3) is 4.01. The van der Waals surface area contributed by atoms with Crippen molar-refractivity contribution in [2.45, 2.75) is 32.2 Å². The Morgan fingerprint density at radius 1 is 1.07 bits per heavy atom. The second kappa shape index (κ2) is 8.17. The molecule has 1 aromatic heterocycles. The first kappa shape index (κ1) is 18.1. The number of ether oxygens (including phenoxy) is 2. The zero-order chi connectivity index (χ0) is 19.3. The molecule has 6 heteroatoms. The van der Waals surface area contributed by atoms with Crippen LogP contribution in [0, 0.1) is 0 Å². The number of hydrogen-bond donors (Lipinski definition) is 1. The van der Waals surface area contributed by atoms with Gasteiger partial charge in [0.05, 0.1) is 12.2 Å². The number of fused-ring (bicyclic) bond motifs is 1. The van der Waals surface area contributed by atoms with Gasteiger partial charge in [-0.25, -0.2) is 0 Å². The lowest BCUT2D eigenvalue weighted by molar-refractivity contribution is -0.121. The van der Waals surface area contributed by atoms with Crippen LogP contribution in [-0.4, -0.2) is 17.9 Å². The predicted octanol–water partition coefficient (Wildman–Crippen LogP) is 3.80. The van der Waals surface area contributed by atoms with Crippen molar-refractivity contribution in [3.05, 3.63) is 77.2 Å². The van der Waals surface area contributed by atoms with Gasteiger partial charge in [-0.3, -0.25) is 4.79 Å². The largest absolute Gasteiger partial charge is 0.454 e. The van der Waals surface area contributed by atoms with E-state index in [0.29, 0.717) is 24.5 Å². The minimum absolute atomic E-state index is 0.0547. The molecule has 2 aromatic carbocycles. The smallest absolute Gasteiger partial charge is 0.231 e. The molecular weight excluding hydrogens is 356 g/mol. The fourth-order valence-corrected chi connectivity index (χ4v) is 3.29. The van der Waals surface area contributed by atoms with Crippen LogP contribution in [0.25, 0.3) is 0 Å². The Morgan fingerprint density at radius 2 is 1.89 bits per heavy atom.